The fourth-order valence-electron chi connectivity index (χ4n) is 1.73. The Kier molecular flexibility index (Phi) is 5.65. The van der Waals surface area contributed by atoms with Crippen LogP contribution in [0.4, 0.5) is 0 Å². The molecule has 0 aliphatic heterocycles. The third kappa shape index (κ3) is 7.03. The van der Waals surface area contributed by atoms with Gasteiger partial charge in [-0.25, -0.2) is 0 Å². The molecule has 0 spiro atoms. The molecule has 0 saturated heterocycles. The van der Waals surface area contributed by atoms with Gasteiger partial charge in [-0.2, -0.15) is 0 Å². The second kappa shape index (κ2) is 6.31. The first-order valence-corrected chi connectivity index (χ1v) is 9.16. The van der Waals surface area contributed by atoms with Crippen molar-refractivity contribution in [2.75, 3.05) is 0 Å². The summed E-state index contributed by atoms with van der Waals surface area (Å²) < 4.78 is 25.5. The van der Waals surface area contributed by atoms with Crippen molar-refractivity contribution in [3.8, 4) is 0 Å². The van der Waals surface area contributed by atoms with Gasteiger partial charge in [0.15, 0.2) is 0 Å². The summed E-state index contributed by atoms with van der Waals surface area (Å²) in [6, 6.07) is 7.70. The third-order valence-corrected chi connectivity index (χ3v) is 5.05. The smallest absolute Gasteiger partial charge is 0.303 e. The van der Waals surface area contributed by atoms with Gasteiger partial charge in [0.05, 0.1) is 17.4 Å². The van der Waals surface area contributed by atoms with Gasteiger partial charge < -0.3 is 9.05 Å². The van der Waals surface area contributed by atoms with E-state index in [2.05, 4.69) is 15.9 Å². The summed E-state index contributed by atoms with van der Waals surface area (Å²) in [5.74, 6) is 0. The van der Waals surface area contributed by atoms with Gasteiger partial charge in [0.1, 0.15) is 0 Å². The van der Waals surface area contributed by atoms with Crippen LogP contribution in [0.3, 0.4) is 0 Å². The van der Waals surface area contributed by atoms with Crippen LogP contribution in [0, 0.1) is 0 Å². The number of hydrogen-bond acceptors (Lipinski definition) is 3. The summed E-state index contributed by atoms with van der Waals surface area (Å²) in [4.78, 5) is 0. The van der Waals surface area contributed by atoms with E-state index >= 15 is 0 Å². The molecule has 1 rings (SSSR count). The van der Waals surface area contributed by atoms with Gasteiger partial charge in [-0.15, -0.1) is 0 Å². The predicted octanol–water partition coefficient (Wildman–Crippen LogP) is 5.77. The van der Waals surface area contributed by atoms with E-state index in [0.29, 0.717) is 0 Å². The third-order valence-electron chi connectivity index (χ3n) is 2.12. The zero-order valence-electron chi connectivity index (χ0n) is 13.1. The molecule has 114 valence electrons. The molecule has 0 aliphatic rings. The second-order valence-corrected chi connectivity index (χ2v) is 9.62. The highest BCUT2D eigenvalue weighted by molar-refractivity contribution is 9.10. The lowest BCUT2D eigenvalue weighted by Crippen LogP contribution is -2.24. The zero-order chi connectivity index (χ0) is 15.6. The minimum absolute atomic E-state index is 0.273. The standard InChI is InChI=1S/C15H24BrO3P/c1-14(2,3)18-20(17,19-15(4,5)6)11-12-7-9-13(16)10-8-12/h7-10H,11H2,1-6H3. The largest absolute Gasteiger partial charge is 0.336 e. The van der Waals surface area contributed by atoms with Crippen LogP contribution in [0.2, 0.25) is 0 Å². The molecule has 0 amide bonds. The Morgan fingerprint density at radius 2 is 1.35 bits per heavy atom. The SMILES string of the molecule is CC(C)(C)OP(=O)(Cc1ccc(Br)cc1)OC(C)(C)C. The molecule has 3 nitrogen and oxygen atoms in total. The second-order valence-electron chi connectivity index (χ2n) is 6.80. The van der Waals surface area contributed by atoms with E-state index in [4.69, 9.17) is 9.05 Å². The highest BCUT2D eigenvalue weighted by Gasteiger charge is 2.35. The molecule has 1 aromatic carbocycles. The Hall–Kier alpha value is -0.150. The quantitative estimate of drug-likeness (QED) is 0.637. The molecular formula is C15H24BrO3P. The maximum absolute atomic E-state index is 13.0. The van der Waals surface area contributed by atoms with Crippen molar-refractivity contribution in [1.82, 2.24) is 0 Å². The predicted molar refractivity (Wildman–Crippen MR) is 87.1 cm³/mol. The Labute approximate surface area is 130 Å². The average molecular weight is 363 g/mol. The van der Waals surface area contributed by atoms with Crippen LogP contribution in [0.1, 0.15) is 47.1 Å². The summed E-state index contributed by atoms with van der Waals surface area (Å²) in [5, 5.41) is 0. The van der Waals surface area contributed by atoms with E-state index in [1.165, 1.54) is 0 Å². The first-order chi connectivity index (χ1) is 8.89. The van der Waals surface area contributed by atoms with E-state index in [1.807, 2.05) is 65.8 Å². The van der Waals surface area contributed by atoms with Crippen LogP contribution in [0.5, 0.6) is 0 Å². The summed E-state index contributed by atoms with van der Waals surface area (Å²) in [5.41, 5.74) is -0.100. The van der Waals surface area contributed by atoms with E-state index < -0.39 is 18.8 Å². The Morgan fingerprint density at radius 1 is 0.950 bits per heavy atom. The van der Waals surface area contributed by atoms with Gasteiger partial charge in [-0.3, -0.25) is 4.57 Å². The maximum atomic E-state index is 13.0. The van der Waals surface area contributed by atoms with Crippen molar-refractivity contribution in [2.45, 2.75) is 58.9 Å². The molecule has 0 heterocycles. The molecule has 0 bridgehead atoms. The van der Waals surface area contributed by atoms with Crippen molar-refractivity contribution in [1.29, 1.82) is 0 Å². The van der Waals surface area contributed by atoms with Crippen LogP contribution in [0.15, 0.2) is 28.7 Å². The fraction of sp³-hybridized carbons (Fsp3) is 0.600. The summed E-state index contributed by atoms with van der Waals surface area (Å²) in [7, 11) is -3.21. The molecule has 0 N–H and O–H groups in total. The molecule has 20 heavy (non-hydrogen) atoms. The lowest BCUT2D eigenvalue weighted by atomic mass is 10.2. The van der Waals surface area contributed by atoms with E-state index in [1.54, 1.807) is 0 Å². The van der Waals surface area contributed by atoms with Gasteiger partial charge in [0, 0.05) is 4.47 Å². The molecule has 1 aromatic rings. The number of rotatable bonds is 4. The van der Waals surface area contributed by atoms with Crippen LogP contribution in [-0.4, -0.2) is 11.2 Å². The number of hydrogen-bond donors (Lipinski definition) is 0. The number of halogens is 1. The lowest BCUT2D eigenvalue weighted by Gasteiger charge is -2.32. The monoisotopic (exact) mass is 362 g/mol. The molecule has 5 heteroatoms. The minimum Gasteiger partial charge on any atom is -0.303 e. The average Bonchev–Trinajstić information content (AvgIpc) is 2.15. The fourth-order valence-corrected chi connectivity index (χ4v) is 4.49. The topological polar surface area (TPSA) is 35.5 Å². The highest BCUT2D eigenvalue weighted by Crippen LogP contribution is 2.56. The van der Waals surface area contributed by atoms with Crippen LogP contribution in [0.25, 0.3) is 0 Å². The van der Waals surface area contributed by atoms with Crippen molar-refractivity contribution >= 4 is 23.5 Å². The summed E-state index contributed by atoms with van der Waals surface area (Å²) in [6.45, 7) is 11.3. The highest BCUT2D eigenvalue weighted by atomic mass is 79.9. The molecule has 0 unspecified atom stereocenters. The molecule has 0 aromatic heterocycles. The van der Waals surface area contributed by atoms with Crippen molar-refractivity contribution < 1.29 is 13.6 Å². The van der Waals surface area contributed by atoms with E-state index in [0.717, 1.165) is 10.0 Å². The van der Waals surface area contributed by atoms with Crippen molar-refractivity contribution in [3.05, 3.63) is 34.3 Å². The van der Waals surface area contributed by atoms with Gasteiger partial charge in [0.2, 0.25) is 0 Å². The van der Waals surface area contributed by atoms with E-state index in [-0.39, 0.29) is 6.16 Å². The maximum Gasteiger partial charge on any atom is 0.336 e. The van der Waals surface area contributed by atoms with E-state index in [9.17, 15) is 4.57 Å². The molecular weight excluding hydrogens is 339 g/mol. The first-order valence-electron chi connectivity index (χ1n) is 6.64. The lowest BCUT2D eigenvalue weighted by molar-refractivity contribution is 0.0485. The zero-order valence-corrected chi connectivity index (χ0v) is 15.5. The van der Waals surface area contributed by atoms with Crippen LogP contribution < -0.4 is 0 Å². The molecule has 0 saturated carbocycles. The summed E-state index contributed by atoms with van der Waals surface area (Å²) in [6.07, 6.45) is 0.273. The van der Waals surface area contributed by atoms with Crippen LogP contribution >= 0.6 is 23.5 Å². The Balaban J connectivity index is 2.98. The molecule has 0 aliphatic carbocycles. The van der Waals surface area contributed by atoms with Gasteiger partial charge in [-0.1, -0.05) is 28.1 Å². The first kappa shape index (κ1) is 17.9. The summed E-state index contributed by atoms with van der Waals surface area (Å²) >= 11 is 3.39. The molecule has 0 atom stereocenters. The van der Waals surface area contributed by atoms with Crippen molar-refractivity contribution in [2.24, 2.45) is 0 Å². The number of benzene rings is 1. The Bertz CT molecular complexity index is 463. The van der Waals surface area contributed by atoms with Crippen LogP contribution in [-0.2, 0) is 19.8 Å². The molecule has 0 radical (unpaired) electrons. The Morgan fingerprint density at radius 3 is 1.70 bits per heavy atom. The minimum atomic E-state index is -3.21. The van der Waals surface area contributed by atoms with Gasteiger partial charge >= 0.3 is 7.60 Å². The normalized spacial score (nSPS) is 13.6. The van der Waals surface area contributed by atoms with Gasteiger partial charge in [0.25, 0.3) is 0 Å². The van der Waals surface area contributed by atoms with Crippen molar-refractivity contribution in [3.63, 3.8) is 0 Å². The molecule has 0 fully saturated rings. The van der Waals surface area contributed by atoms with Gasteiger partial charge in [-0.05, 0) is 59.2 Å².